The van der Waals surface area contributed by atoms with E-state index < -0.39 is 10.0 Å². The van der Waals surface area contributed by atoms with E-state index in [1.54, 1.807) is 12.1 Å². The van der Waals surface area contributed by atoms with E-state index in [-0.39, 0.29) is 25.1 Å². The topological polar surface area (TPSA) is 75.7 Å². The molecule has 158 valence electrons. The van der Waals surface area contributed by atoms with E-state index >= 15 is 0 Å². The van der Waals surface area contributed by atoms with Gasteiger partial charge in [-0.1, -0.05) is 43.7 Å². The summed E-state index contributed by atoms with van der Waals surface area (Å²) in [4.78, 5) is 12.4. The van der Waals surface area contributed by atoms with Crippen LogP contribution in [-0.4, -0.2) is 39.8 Å². The van der Waals surface area contributed by atoms with E-state index in [9.17, 15) is 13.2 Å². The van der Waals surface area contributed by atoms with Crippen molar-refractivity contribution in [1.29, 1.82) is 0 Å². The number of nitrogens with zero attached hydrogens (tertiary/aromatic N) is 1. The van der Waals surface area contributed by atoms with Crippen LogP contribution >= 0.6 is 0 Å². The molecule has 1 amide bonds. The average molecular weight is 419 g/mol. The van der Waals surface area contributed by atoms with Crippen LogP contribution in [0, 0.1) is 6.92 Å². The van der Waals surface area contributed by atoms with Crippen molar-refractivity contribution in [2.45, 2.75) is 39.7 Å². The van der Waals surface area contributed by atoms with Gasteiger partial charge in [0.15, 0.2) is 0 Å². The molecule has 2 aromatic rings. The second-order valence-electron chi connectivity index (χ2n) is 7.61. The fraction of sp³-hybridized carbons (Fsp3) is 0.409. The molecule has 1 atom stereocenters. The second kappa shape index (κ2) is 9.78. The van der Waals surface area contributed by atoms with Crippen LogP contribution in [0.5, 0.6) is 5.75 Å². The van der Waals surface area contributed by atoms with Gasteiger partial charge in [-0.3, -0.25) is 9.10 Å². The average Bonchev–Trinajstić information content (AvgIpc) is 2.65. The number of benzene rings is 2. The molecule has 0 saturated carbocycles. The van der Waals surface area contributed by atoms with Crippen LogP contribution in [0.1, 0.15) is 37.8 Å². The van der Waals surface area contributed by atoms with Crippen molar-refractivity contribution in [2.24, 2.45) is 0 Å². The van der Waals surface area contributed by atoms with Crippen LogP contribution in [0.3, 0.4) is 0 Å². The Morgan fingerprint density at radius 2 is 1.62 bits per heavy atom. The highest BCUT2D eigenvalue weighted by atomic mass is 32.2. The molecule has 2 rings (SSSR count). The van der Waals surface area contributed by atoms with Crippen molar-refractivity contribution in [3.8, 4) is 5.75 Å². The maximum Gasteiger partial charge on any atom is 0.241 e. The van der Waals surface area contributed by atoms with E-state index in [4.69, 9.17) is 4.74 Å². The molecular formula is C22H30N2O4S. The number of anilines is 1. The zero-order valence-corrected chi connectivity index (χ0v) is 18.5. The zero-order chi connectivity index (χ0) is 21.6. The molecule has 0 spiro atoms. The predicted molar refractivity (Wildman–Crippen MR) is 117 cm³/mol. The van der Waals surface area contributed by atoms with Crippen molar-refractivity contribution >= 4 is 21.6 Å². The number of carbonyl (C=O) groups excluding carboxylic acids is 1. The molecule has 7 heteroatoms. The number of amides is 1. The standard InChI is InChI=1S/C22H30N2O4S/c1-16(2)19-8-10-20(11-9-19)24(29(5,26)27)14-22(25)23-18(4)15-28-21-12-6-17(3)7-13-21/h6-13,16,18H,14-15H2,1-5H3,(H,23,25)/t18-/m0/s1. The molecule has 0 bridgehead atoms. The largest absolute Gasteiger partial charge is 0.491 e. The summed E-state index contributed by atoms with van der Waals surface area (Å²) in [7, 11) is -3.60. The fourth-order valence-electron chi connectivity index (χ4n) is 2.77. The van der Waals surface area contributed by atoms with E-state index in [1.807, 2.05) is 50.2 Å². The van der Waals surface area contributed by atoms with Crippen molar-refractivity contribution in [3.05, 3.63) is 59.7 Å². The SMILES string of the molecule is Cc1ccc(OC[C@H](C)NC(=O)CN(c2ccc(C(C)C)cc2)S(C)(=O)=O)cc1. The summed E-state index contributed by atoms with van der Waals surface area (Å²) in [6, 6.07) is 14.6. The van der Waals surface area contributed by atoms with E-state index in [1.165, 1.54) is 0 Å². The molecular weight excluding hydrogens is 388 g/mol. The Balaban J connectivity index is 1.97. The molecule has 1 N–H and O–H groups in total. The predicted octanol–water partition coefficient (Wildman–Crippen LogP) is 3.47. The van der Waals surface area contributed by atoms with E-state index in [0.717, 1.165) is 27.4 Å². The summed E-state index contributed by atoms with van der Waals surface area (Å²) in [6.45, 7) is 7.95. The molecule has 29 heavy (non-hydrogen) atoms. The Kier molecular flexibility index (Phi) is 7.67. The summed E-state index contributed by atoms with van der Waals surface area (Å²) >= 11 is 0. The number of rotatable bonds is 9. The third-order valence-corrected chi connectivity index (χ3v) is 5.60. The quantitative estimate of drug-likeness (QED) is 0.677. The maximum absolute atomic E-state index is 12.4. The smallest absolute Gasteiger partial charge is 0.241 e. The number of nitrogens with one attached hydrogen (secondary N) is 1. The van der Waals surface area contributed by atoms with Gasteiger partial charge in [0.05, 0.1) is 18.0 Å². The second-order valence-corrected chi connectivity index (χ2v) is 9.52. The van der Waals surface area contributed by atoms with Crippen molar-refractivity contribution in [1.82, 2.24) is 5.32 Å². The molecule has 0 aromatic heterocycles. The minimum absolute atomic E-state index is 0.270. The Labute approximate surface area is 173 Å². The molecule has 0 unspecified atom stereocenters. The lowest BCUT2D eigenvalue weighted by Crippen LogP contribution is -2.44. The lowest BCUT2D eigenvalue weighted by Gasteiger charge is -2.23. The normalized spacial score (nSPS) is 12.5. The van der Waals surface area contributed by atoms with Gasteiger partial charge < -0.3 is 10.1 Å². The van der Waals surface area contributed by atoms with Crippen LogP contribution in [0.4, 0.5) is 5.69 Å². The van der Waals surface area contributed by atoms with Crippen LogP contribution in [0.25, 0.3) is 0 Å². The van der Waals surface area contributed by atoms with Crippen LogP contribution in [0.15, 0.2) is 48.5 Å². The molecule has 0 heterocycles. The van der Waals surface area contributed by atoms with Gasteiger partial charge in [0, 0.05) is 0 Å². The number of ether oxygens (including phenoxy) is 1. The number of hydrogen-bond acceptors (Lipinski definition) is 4. The first-order valence-electron chi connectivity index (χ1n) is 9.62. The van der Waals surface area contributed by atoms with Gasteiger partial charge in [0.25, 0.3) is 0 Å². The van der Waals surface area contributed by atoms with Gasteiger partial charge in [-0.2, -0.15) is 0 Å². The first-order valence-corrected chi connectivity index (χ1v) is 11.5. The van der Waals surface area contributed by atoms with Gasteiger partial charge >= 0.3 is 0 Å². The summed E-state index contributed by atoms with van der Waals surface area (Å²) in [6.07, 6.45) is 1.10. The number of hydrogen-bond donors (Lipinski definition) is 1. The van der Waals surface area contributed by atoms with Crippen molar-refractivity contribution < 1.29 is 17.9 Å². The van der Waals surface area contributed by atoms with Gasteiger partial charge in [-0.05, 0) is 49.6 Å². The van der Waals surface area contributed by atoms with Crippen molar-refractivity contribution in [2.75, 3.05) is 23.7 Å². The maximum atomic E-state index is 12.4. The Morgan fingerprint density at radius 3 is 2.14 bits per heavy atom. The van der Waals surface area contributed by atoms with Crippen LogP contribution in [-0.2, 0) is 14.8 Å². The molecule has 0 aliphatic rings. The first-order chi connectivity index (χ1) is 13.6. The molecule has 0 fully saturated rings. The zero-order valence-electron chi connectivity index (χ0n) is 17.7. The van der Waals surface area contributed by atoms with Gasteiger partial charge in [-0.15, -0.1) is 0 Å². The molecule has 0 aliphatic heterocycles. The van der Waals surface area contributed by atoms with Crippen LogP contribution < -0.4 is 14.4 Å². The number of aryl methyl sites for hydroxylation is 1. The Morgan fingerprint density at radius 1 is 1.03 bits per heavy atom. The number of sulfonamides is 1. The van der Waals surface area contributed by atoms with Gasteiger partial charge in [0.2, 0.25) is 15.9 Å². The Bertz CT molecular complexity index is 907. The van der Waals surface area contributed by atoms with Crippen LogP contribution in [0.2, 0.25) is 0 Å². The molecule has 6 nitrogen and oxygen atoms in total. The molecule has 0 radical (unpaired) electrons. The lowest BCUT2D eigenvalue weighted by atomic mass is 10.0. The third kappa shape index (κ3) is 7.09. The Hall–Kier alpha value is -2.54. The highest BCUT2D eigenvalue weighted by Gasteiger charge is 2.22. The lowest BCUT2D eigenvalue weighted by molar-refractivity contribution is -0.120. The first kappa shape index (κ1) is 22.7. The summed E-state index contributed by atoms with van der Waals surface area (Å²) < 4.78 is 31.2. The summed E-state index contributed by atoms with van der Waals surface area (Å²) in [5.41, 5.74) is 2.71. The van der Waals surface area contributed by atoms with E-state index in [0.29, 0.717) is 11.6 Å². The fourth-order valence-corrected chi connectivity index (χ4v) is 3.63. The minimum atomic E-state index is -3.60. The van der Waals surface area contributed by atoms with Gasteiger partial charge in [-0.25, -0.2) is 8.42 Å². The van der Waals surface area contributed by atoms with Crippen molar-refractivity contribution in [3.63, 3.8) is 0 Å². The highest BCUT2D eigenvalue weighted by molar-refractivity contribution is 7.92. The molecule has 2 aromatic carbocycles. The highest BCUT2D eigenvalue weighted by Crippen LogP contribution is 2.21. The summed E-state index contributed by atoms with van der Waals surface area (Å²) in [5.74, 6) is 0.677. The monoisotopic (exact) mass is 418 g/mol. The molecule has 0 saturated heterocycles. The van der Waals surface area contributed by atoms with E-state index in [2.05, 4.69) is 19.2 Å². The minimum Gasteiger partial charge on any atom is -0.491 e. The molecule has 0 aliphatic carbocycles. The number of carbonyl (C=O) groups is 1. The van der Waals surface area contributed by atoms with Gasteiger partial charge in [0.1, 0.15) is 18.9 Å². The third-order valence-electron chi connectivity index (χ3n) is 4.46. The summed E-state index contributed by atoms with van der Waals surface area (Å²) in [5, 5.41) is 2.79.